The summed E-state index contributed by atoms with van der Waals surface area (Å²) in [5, 5.41) is 3.10. The van der Waals surface area contributed by atoms with Crippen LogP contribution in [0.25, 0.3) is 22.3 Å². The number of carbonyl (C=O) groups is 1. The van der Waals surface area contributed by atoms with Crippen LogP contribution in [0, 0.1) is 11.6 Å². The predicted octanol–water partition coefficient (Wildman–Crippen LogP) is 3.15. The second kappa shape index (κ2) is 9.37. The van der Waals surface area contributed by atoms with Gasteiger partial charge in [-0.25, -0.2) is 13.8 Å². The number of rotatable bonds is 5. The SMILES string of the molecule is CC(C)NC(=O)Cn1c(-c2cc(F)ccc2F)nc2ccc(N3CCN4CCC3CC4)cc2c1=O. The lowest BCUT2D eigenvalue weighted by atomic mass is 10.0. The fraction of sp³-hybridized carbons (Fsp3) is 0.423. The fourth-order valence-corrected chi connectivity index (χ4v) is 5.15. The zero-order valence-corrected chi connectivity index (χ0v) is 19.9. The van der Waals surface area contributed by atoms with Crippen molar-refractivity contribution in [2.45, 2.75) is 45.3 Å². The molecule has 2 aromatic carbocycles. The number of amides is 1. The van der Waals surface area contributed by atoms with Gasteiger partial charge in [0.15, 0.2) is 0 Å². The lowest BCUT2D eigenvalue weighted by molar-refractivity contribution is -0.122. The quantitative estimate of drug-likeness (QED) is 0.606. The van der Waals surface area contributed by atoms with Crippen LogP contribution in [0.3, 0.4) is 0 Å². The summed E-state index contributed by atoms with van der Waals surface area (Å²) < 4.78 is 29.9. The van der Waals surface area contributed by atoms with Gasteiger partial charge in [0.2, 0.25) is 5.91 Å². The number of aromatic nitrogens is 2. The lowest BCUT2D eigenvalue weighted by Crippen LogP contribution is -2.38. The first kappa shape index (κ1) is 23.4. The molecule has 3 aliphatic rings. The number of carbonyl (C=O) groups excluding carboxylic acids is 1. The Morgan fingerprint density at radius 3 is 2.60 bits per heavy atom. The first-order valence-electron chi connectivity index (χ1n) is 12.1. The molecule has 1 aromatic heterocycles. The molecule has 0 radical (unpaired) electrons. The van der Waals surface area contributed by atoms with Crippen LogP contribution in [-0.2, 0) is 11.3 Å². The number of nitrogens with one attached hydrogen (secondary N) is 1. The van der Waals surface area contributed by atoms with Crippen LogP contribution in [0.5, 0.6) is 0 Å². The largest absolute Gasteiger partial charge is 0.367 e. The van der Waals surface area contributed by atoms with Gasteiger partial charge in [0.05, 0.1) is 16.5 Å². The molecule has 1 N–H and O–H groups in total. The number of piperidine rings is 1. The van der Waals surface area contributed by atoms with Crippen LogP contribution in [0.1, 0.15) is 26.7 Å². The van der Waals surface area contributed by atoms with Crippen LogP contribution >= 0.6 is 0 Å². The molecule has 3 saturated heterocycles. The molecule has 0 spiro atoms. The van der Waals surface area contributed by atoms with Crippen molar-refractivity contribution in [1.29, 1.82) is 0 Å². The van der Waals surface area contributed by atoms with Crippen LogP contribution < -0.4 is 15.8 Å². The number of halogens is 2. The van der Waals surface area contributed by atoms with Crippen LogP contribution in [0.2, 0.25) is 0 Å². The average Bonchev–Trinajstić information content (AvgIpc) is 3.16. The molecule has 6 rings (SSSR count). The zero-order valence-electron chi connectivity index (χ0n) is 19.9. The van der Waals surface area contributed by atoms with Crippen LogP contribution in [0.15, 0.2) is 41.2 Å². The molecule has 3 fully saturated rings. The molecule has 0 saturated carbocycles. The van der Waals surface area contributed by atoms with Crippen LogP contribution in [-0.4, -0.2) is 58.6 Å². The molecule has 4 heterocycles. The van der Waals surface area contributed by atoms with Crippen molar-refractivity contribution in [3.05, 3.63) is 58.4 Å². The summed E-state index contributed by atoms with van der Waals surface area (Å²) >= 11 is 0. The summed E-state index contributed by atoms with van der Waals surface area (Å²) in [6, 6.07) is 8.78. The molecular formula is C26H29F2N5O2. The molecule has 9 heteroatoms. The third-order valence-corrected chi connectivity index (χ3v) is 6.85. The van der Waals surface area contributed by atoms with E-state index in [2.05, 4.69) is 20.1 Å². The van der Waals surface area contributed by atoms with Gasteiger partial charge < -0.3 is 15.1 Å². The van der Waals surface area contributed by atoms with Crippen molar-refractivity contribution in [1.82, 2.24) is 19.8 Å². The maximum atomic E-state index is 14.7. The smallest absolute Gasteiger partial charge is 0.262 e. The van der Waals surface area contributed by atoms with Gasteiger partial charge in [-0.15, -0.1) is 0 Å². The van der Waals surface area contributed by atoms with Crippen molar-refractivity contribution in [3.8, 4) is 11.4 Å². The molecule has 0 unspecified atom stereocenters. The minimum absolute atomic E-state index is 0.0765. The van der Waals surface area contributed by atoms with Gasteiger partial charge in [-0.05, 0) is 63.1 Å². The minimum Gasteiger partial charge on any atom is -0.367 e. The Hall–Kier alpha value is -3.33. The van der Waals surface area contributed by atoms with Gasteiger partial charge in [-0.1, -0.05) is 0 Å². The maximum Gasteiger partial charge on any atom is 0.262 e. The number of hydrogen-bond donors (Lipinski definition) is 1. The highest BCUT2D eigenvalue weighted by Crippen LogP contribution is 2.29. The van der Waals surface area contributed by atoms with E-state index >= 15 is 0 Å². The van der Waals surface area contributed by atoms with Gasteiger partial charge in [-0.3, -0.25) is 14.2 Å². The van der Waals surface area contributed by atoms with E-state index in [0.717, 1.165) is 67.5 Å². The third-order valence-electron chi connectivity index (χ3n) is 6.85. The van der Waals surface area contributed by atoms with Crippen molar-refractivity contribution >= 4 is 22.5 Å². The topological polar surface area (TPSA) is 70.5 Å². The van der Waals surface area contributed by atoms with Gasteiger partial charge in [0.25, 0.3) is 5.56 Å². The molecule has 0 aliphatic carbocycles. The number of benzene rings is 2. The zero-order chi connectivity index (χ0) is 24.7. The maximum absolute atomic E-state index is 14.7. The summed E-state index contributed by atoms with van der Waals surface area (Å²) in [6.45, 7) is 7.28. The van der Waals surface area contributed by atoms with E-state index < -0.39 is 23.1 Å². The summed E-state index contributed by atoms with van der Waals surface area (Å²) in [7, 11) is 0. The van der Waals surface area contributed by atoms with E-state index in [-0.39, 0.29) is 24.0 Å². The average molecular weight is 482 g/mol. The molecule has 184 valence electrons. The molecule has 3 aromatic rings. The Balaban J connectivity index is 1.64. The number of fused-ring (bicyclic) bond motifs is 5. The van der Waals surface area contributed by atoms with Crippen molar-refractivity contribution < 1.29 is 13.6 Å². The molecule has 35 heavy (non-hydrogen) atoms. The summed E-state index contributed by atoms with van der Waals surface area (Å²) in [5.74, 6) is -1.86. The van der Waals surface area contributed by atoms with E-state index in [0.29, 0.717) is 16.9 Å². The molecule has 2 bridgehead atoms. The van der Waals surface area contributed by atoms with Crippen molar-refractivity contribution in [2.24, 2.45) is 0 Å². The molecule has 3 aliphatic heterocycles. The monoisotopic (exact) mass is 481 g/mol. The highest BCUT2D eigenvalue weighted by Gasteiger charge is 2.29. The fourth-order valence-electron chi connectivity index (χ4n) is 5.15. The normalized spacial score (nSPS) is 19.9. The second-order valence-corrected chi connectivity index (χ2v) is 9.64. The first-order chi connectivity index (χ1) is 16.8. The highest BCUT2D eigenvalue weighted by molar-refractivity contribution is 5.85. The molecular weight excluding hydrogens is 452 g/mol. The minimum atomic E-state index is -0.720. The van der Waals surface area contributed by atoms with E-state index in [1.165, 1.54) is 0 Å². The van der Waals surface area contributed by atoms with Crippen molar-refractivity contribution in [3.63, 3.8) is 0 Å². The van der Waals surface area contributed by atoms with E-state index in [4.69, 9.17) is 0 Å². The predicted molar refractivity (Wildman–Crippen MR) is 131 cm³/mol. The summed E-state index contributed by atoms with van der Waals surface area (Å²) in [4.78, 5) is 35.7. The standard InChI is InChI=1S/C26H29F2N5O2/c1-16(2)29-24(34)15-33-25(20-13-17(27)3-5-22(20)28)30-23-6-4-19(14-21(23)26(33)35)32-12-11-31-9-7-18(32)8-10-31/h3-6,13-14,16,18H,7-12,15H2,1-2H3,(H,29,34). The van der Waals surface area contributed by atoms with Gasteiger partial charge in [0.1, 0.15) is 24.0 Å². The van der Waals surface area contributed by atoms with Crippen LogP contribution in [0.4, 0.5) is 14.5 Å². The number of hydrogen-bond acceptors (Lipinski definition) is 5. The Kier molecular flexibility index (Phi) is 6.27. The Labute approximate surface area is 202 Å². The van der Waals surface area contributed by atoms with Gasteiger partial charge in [0, 0.05) is 44.0 Å². The van der Waals surface area contributed by atoms with Gasteiger partial charge in [-0.2, -0.15) is 0 Å². The van der Waals surface area contributed by atoms with E-state index in [9.17, 15) is 18.4 Å². The molecule has 0 atom stereocenters. The second-order valence-electron chi connectivity index (χ2n) is 9.64. The lowest BCUT2D eigenvalue weighted by Gasteiger charge is -2.33. The number of anilines is 1. The highest BCUT2D eigenvalue weighted by atomic mass is 19.1. The Bertz CT molecular complexity index is 1330. The van der Waals surface area contributed by atoms with E-state index in [1.54, 1.807) is 6.07 Å². The third kappa shape index (κ3) is 4.65. The van der Waals surface area contributed by atoms with Gasteiger partial charge >= 0.3 is 0 Å². The molecule has 7 nitrogen and oxygen atoms in total. The van der Waals surface area contributed by atoms with Crippen molar-refractivity contribution in [2.75, 3.05) is 31.1 Å². The van der Waals surface area contributed by atoms with E-state index in [1.807, 2.05) is 26.0 Å². The summed E-state index contributed by atoms with van der Waals surface area (Å²) in [5.41, 5.74) is 0.690. The summed E-state index contributed by atoms with van der Waals surface area (Å²) in [6.07, 6.45) is 2.15. The Morgan fingerprint density at radius 2 is 1.86 bits per heavy atom. The number of nitrogens with zero attached hydrogens (tertiary/aromatic N) is 4. The molecule has 1 amide bonds. The Morgan fingerprint density at radius 1 is 1.09 bits per heavy atom. The first-order valence-corrected chi connectivity index (χ1v) is 12.1.